The van der Waals surface area contributed by atoms with Crippen LogP contribution in [0.2, 0.25) is 0 Å². The van der Waals surface area contributed by atoms with E-state index >= 15 is 0 Å². The van der Waals surface area contributed by atoms with E-state index in [9.17, 15) is 14.4 Å². The van der Waals surface area contributed by atoms with Gasteiger partial charge in [0, 0.05) is 51.8 Å². The number of rotatable bonds is 7. The van der Waals surface area contributed by atoms with Crippen molar-refractivity contribution < 1.29 is 9.53 Å². The monoisotopic (exact) mass is 448 g/mol. The number of benzene rings is 2. The number of carbonyl (C=O) groups is 1. The molecule has 0 saturated carbocycles. The lowest BCUT2D eigenvalue weighted by atomic mass is 10.1. The number of carbonyl (C=O) groups excluding carboxylic acids is 1. The van der Waals surface area contributed by atoms with Crippen molar-refractivity contribution in [2.75, 3.05) is 31.0 Å². The fraction of sp³-hybridized carbons (Fsp3) is 0.240. The summed E-state index contributed by atoms with van der Waals surface area (Å²) in [6, 6.07) is 15.1. The molecule has 1 amide bonds. The standard InChI is InChI=1S/C25H28N4O4/c1-26(2)20-9-6-18(7-10-20)16-29(21-11-13-22(33-5)14-12-21)23(30)15-8-19-17-27(3)25(32)28(4)24(19)31/h6-15,17H,16H2,1-5H3/b15-8+. The maximum absolute atomic E-state index is 13.2. The average Bonchev–Trinajstić information content (AvgIpc) is 2.82. The van der Waals surface area contributed by atoms with Crippen molar-refractivity contribution in [3.63, 3.8) is 0 Å². The molecule has 0 atom stereocenters. The highest BCUT2D eigenvalue weighted by Crippen LogP contribution is 2.23. The molecule has 0 fully saturated rings. The molecule has 0 spiro atoms. The fourth-order valence-corrected chi connectivity index (χ4v) is 3.34. The molecule has 3 aromatic rings. The smallest absolute Gasteiger partial charge is 0.330 e. The summed E-state index contributed by atoms with van der Waals surface area (Å²) in [5, 5.41) is 0. The van der Waals surface area contributed by atoms with Crippen LogP contribution in [0.25, 0.3) is 6.08 Å². The Kier molecular flexibility index (Phi) is 7.17. The number of ether oxygens (including phenoxy) is 1. The number of hydrogen-bond acceptors (Lipinski definition) is 5. The number of methoxy groups -OCH3 is 1. The average molecular weight is 449 g/mol. The predicted octanol–water partition coefficient (Wildman–Crippen LogP) is 2.41. The van der Waals surface area contributed by atoms with Gasteiger partial charge in [0.2, 0.25) is 0 Å². The molecule has 3 rings (SSSR count). The lowest BCUT2D eigenvalue weighted by Crippen LogP contribution is -2.37. The fourth-order valence-electron chi connectivity index (χ4n) is 3.34. The third kappa shape index (κ3) is 5.41. The molecule has 0 N–H and O–H groups in total. The summed E-state index contributed by atoms with van der Waals surface area (Å²) >= 11 is 0. The van der Waals surface area contributed by atoms with Gasteiger partial charge in [0.15, 0.2) is 0 Å². The van der Waals surface area contributed by atoms with Gasteiger partial charge in [-0.3, -0.25) is 14.2 Å². The van der Waals surface area contributed by atoms with E-state index in [1.165, 1.54) is 30.0 Å². The Morgan fingerprint density at radius 1 is 0.970 bits per heavy atom. The summed E-state index contributed by atoms with van der Waals surface area (Å²) in [7, 11) is 8.49. The van der Waals surface area contributed by atoms with E-state index < -0.39 is 11.2 Å². The highest BCUT2D eigenvalue weighted by Gasteiger charge is 2.15. The SMILES string of the molecule is COc1ccc(N(Cc2ccc(N(C)C)cc2)C(=O)/C=C/c2cn(C)c(=O)n(C)c2=O)cc1. The molecule has 0 radical (unpaired) electrons. The second kappa shape index (κ2) is 10.0. The molecule has 33 heavy (non-hydrogen) atoms. The Bertz CT molecular complexity index is 1270. The first kappa shape index (κ1) is 23.6. The van der Waals surface area contributed by atoms with Gasteiger partial charge in [-0.1, -0.05) is 12.1 Å². The first-order chi connectivity index (χ1) is 15.7. The Morgan fingerprint density at radius 2 is 1.58 bits per heavy atom. The highest BCUT2D eigenvalue weighted by atomic mass is 16.5. The number of hydrogen-bond donors (Lipinski definition) is 0. The molecule has 0 aliphatic heterocycles. The molecular weight excluding hydrogens is 420 g/mol. The molecule has 8 nitrogen and oxygen atoms in total. The van der Waals surface area contributed by atoms with Gasteiger partial charge in [-0.25, -0.2) is 4.79 Å². The van der Waals surface area contributed by atoms with Crippen molar-refractivity contribution in [1.82, 2.24) is 9.13 Å². The van der Waals surface area contributed by atoms with E-state index in [0.29, 0.717) is 18.0 Å². The van der Waals surface area contributed by atoms with Crippen LogP contribution < -0.4 is 25.8 Å². The van der Waals surface area contributed by atoms with Crippen molar-refractivity contribution in [3.05, 3.63) is 92.8 Å². The van der Waals surface area contributed by atoms with Crippen LogP contribution in [0.4, 0.5) is 11.4 Å². The Hall–Kier alpha value is -4.07. The van der Waals surface area contributed by atoms with Gasteiger partial charge in [0.05, 0.1) is 19.2 Å². The minimum absolute atomic E-state index is 0.248. The van der Waals surface area contributed by atoms with Gasteiger partial charge in [-0.2, -0.15) is 0 Å². The minimum atomic E-state index is -0.461. The molecule has 0 unspecified atom stereocenters. The largest absolute Gasteiger partial charge is 0.497 e. The Morgan fingerprint density at radius 3 is 2.15 bits per heavy atom. The van der Waals surface area contributed by atoms with Gasteiger partial charge < -0.3 is 19.1 Å². The van der Waals surface area contributed by atoms with Crippen LogP contribution in [0.15, 0.2) is 70.4 Å². The summed E-state index contributed by atoms with van der Waals surface area (Å²) in [5.74, 6) is 0.387. The Balaban J connectivity index is 1.94. The van der Waals surface area contributed by atoms with Crippen molar-refractivity contribution in [2.24, 2.45) is 14.1 Å². The van der Waals surface area contributed by atoms with Crippen LogP contribution >= 0.6 is 0 Å². The number of aromatic nitrogens is 2. The summed E-state index contributed by atoms with van der Waals surface area (Å²) in [6.45, 7) is 0.342. The minimum Gasteiger partial charge on any atom is -0.497 e. The topological polar surface area (TPSA) is 76.8 Å². The van der Waals surface area contributed by atoms with E-state index in [1.807, 2.05) is 55.4 Å². The van der Waals surface area contributed by atoms with E-state index in [1.54, 1.807) is 31.2 Å². The molecule has 0 bridgehead atoms. The summed E-state index contributed by atoms with van der Waals surface area (Å²) in [4.78, 5) is 41.2. The summed E-state index contributed by atoms with van der Waals surface area (Å²) < 4.78 is 7.54. The van der Waals surface area contributed by atoms with Crippen LogP contribution in [0.1, 0.15) is 11.1 Å². The van der Waals surface area contributed by atoms with E-state index in [0.717, 1.165) is 15.8 Å². The molecule has 1 heterocycles. The Labute approximate surface area is 192 Å². The maximum Gasteiger partial charge on any atom is 0.330 e. The molecule has 0 saturated heterocycles. The van der Waals surface area contributed by atoms with Crippen molar-refractivity contribution in [2.45, 2.75) is 6.54 Å². The molecule has 2 aromatic carbocycles. The second-order valence-electron chi connectivity index (χ2n) is 7.86. The van der Waals surface area contributed by atoms with E-state index in [2.05, 4.69) is 0 Å². The summed E-state index contributed by atoms with van der Waals surface area (Å²) in [6.07, 6.45) is 4.21. The van der Waals surface area contributed by atoms with Gasteiger partial charge in [0.25, 0.3) is 11.5 Å². The second-order valence-corrected chi connectivity index (χ2v) is 7.86. The maximum atomic E-state index is 13.2. The summed E-state index contributed by atoms with van der Waals surface area (Å²) in [5.41, 5.74) is 2.07. The normalized spacial score (nSPS) is 10.9. The van der Waals surface area contributed by atoms with Crippen LogP contribution in [0.3, 0.4) is 0 Å². The molecule has 0 aliphatic carbocycles. The van der Waals surface area contributed by atoms with Crippen molar-refractivity contribution in [3.8, 4) is 5.75 Å². The van der Waals surface area contributed by atoms with E-state index in [-0.39, 0.29) is 11.5 Å². The molecule has 1 aromatic heterocycles. The lowest BCUT2D eigenvalue weighted by Gasteiger charge is -2.22. The van der Waals surface area contributed by atoms with Crippen LogP contribution in [0, 0.1) is 0 Å². The molecular formula is C25H28N4O4. The number of nitrogens with zero attached hydrogens (tertiary/aromatic N) is 4. The van der Waals surface area contributed by atoms with Crippen LogP contribution in [-0.2, 0) is 25.4 Å². The van der Waals surface area contributed by atoms with E-state index in [4.69, 9.17) is 4.74 Å². The zero-order valence-corrected chi connectivity index (χ0v) is 19.5. The van der Waals surface area contributed by atoms with Gasteiger partial charge in [-0.15, -0.1) is 0 Å². The first-order valence-electron chi connectivity index (χ1n) is 10.4. The number of anilines is 2. The third-order valence-electron chi connectivity index (χ3n) is 5.32. The molecule has 172 valence electrons. The predicted molar refractivity (Wildman–Crippen MR) is 131 cm³/mol. The van der Waals surface area contributed by atoms with Crippen LogP contribution in [0.5, 0.6) is 5.75 Å². The zero-order valence-electron chi connectivity index (χ0n) is 19.5. The van der Waals surface area contributed by atoms with Gasteiger partial charge >= 0.3 is 5.69 Å². The first-order valence-corrected chi connectivity index (χ1v) is 10.4. The van der Waals surface area contributed by atoms with Crippen LogP contribution in [-0.4, -0.2) is 36.2 Å². The van der Waals surface area contributed by atoms with Crippen molar-refractivity contribution in [1.29, 1.82) is 0 Å². The molecule has 8 heteroatoms. The van der Waals surface area contributed by atoms with Gasteiger partial charge in [0.1, 0.15) is 5.75 Å². The quantitative estimate of drug-likeness (QED) is 0.519. The molecule has 0 aliphatic rings. The van der Waals surface area contributed by atoms with Crippen molar-refractivity contribution >= 4 is 23.4 Å². The highest BCUT2D eigenvalue weighted by molar-refractivity contribution is 6.03. The van der Waals surface area contributed by atoms with Gasteiger partial charge in [-0.05, 0) is 48.0 Å². The zero-order chi connectivity index (χ0) is 24.1. The lowest BCUT2D eigenvalue weighted by molar-refractivity contribution is -0.114. The number of aryl methyl sites for hydroxylation is 1. The number of amides is 1. The third-order valence-corrected chi connectivity index (χ3v) is 5.32.